The molecular weight excluding hydrogens is 291 g/mol. The zero-order chi connectivity index (χ0) is 10.2. The first-order valence-electron chi connectivity index (χ1n) is 5.68. The summed E-state index contributed by atoms with van der Waals surface area (Å²) in [4.78, 5) is 0. The Morgan fingerprint density at radius 3 is 2.71 bits per heavy atom. The molecule has 1 aliphatic rings. The van der Waals surface area contributed by atoms with Crippen LogP contribution in [0.4, 0.5) is 0 Å². The Morgan fingerprint density at radius 1 is 1.14 bits per heavy atom. The van der Waals surface area contributed by atoms with E-state index in [0.717, 1.165) is 19.8 Å². The maximum atomic E-state index is 5.84. The molecule has 0 spiro atoms. The first-order chi connectivity index (χ1) is 6.84. The number of alkyl halides is 1. The third-order valence-corrected chi connectivity index (χ3v) is 4.06. The minimum atomic E-state index is 0.471. The van der Waals surface area contributed by atoms with Crippen molar-refractivity contribution in [2.75, 3.05) is 19.8 Å². The van der Waals surface area contributed by atoms with Crippen molar-refractivity contribution in [3.63, 3.8) is 0 Å². The van der Waals surface area contributed by atoms with E-state index >= 15 is 0 Å². The monoisotopic (exact) mass is 312 g/mol. The first kappa shape index (κ1) is 12.7. The summed E-state index contributed by atoms with van der Waals surface area (Å²) in [6, 6.07) is 0. The predicted octanol–water partition coefficient (Wildman–Crippen LogP) is 3.18. The van der Waals surface area contributed by atoms with Crippen LogP contribution < -0.4 is 0 Å². The molecule has 0 aromatic heterocycles. The van der Waals surface area contributed by atoms with Gasteiger partial charge < -0.3 is 9.47 Å². The lowest BCUT2D eigenvalue weighted by Crippen LogP contribution is -2.24. The second-order valence-electron chi connectivity index (χ2n) is 3.76. The summed E-state index contributed by atoms with van der Waals surface area (Å²) in [5.74, 6) is 0. The van der Waals surface area contributed by atoms with E-state index in [1.54, 1.807) is 0 Å². The zero-order valence-corrected chi connectivity index (χ0v) is 11.2. The van der Waals surface area contributed by atoms with Gasteiger partial charge in [-0.15, -0.1) is 0 Å². The van der Waals surface area contributed by atoms with Crippen LogP contribution in [-0.4, -0.2) is 29.8 Å². The molecule has 0 heterocycles. The highest BCUT2D eigenvalue weighted by Gasteiger charge is 2.21. The van der Waals surface area contributed by atoms with Gasteiger partial charge >= 0.3 is 0 Å². The summed E-state index contributed by atoms with van der Waals surface area (Å²) in [5.41, 5.74) is 0. The number of halogens is 1. The van der Waals surface area contributed by atoms with Crippen LogP contribution in [0.5, 0.6) is 0 Å². The van der Waals surface area contributed by atoms with Crippen LogP contribution in [0.1, 0.15) is 39.0 Å². The highest BCUT2D eigenvalue weighted by Crippen LogP contribution is 2.26. The standard InChI is InChI=1S/C11H21IO2/c1-2-13-8-9-14-11-7-5-3-4-6-10(11)12/h10-11H,2-9H2,1H3. The molecule has 0 bridgehead atoms. The second kappa shape index (κ2) is 7.88. The van der Waals surface area contributed by atoms with E-state index in [1.807, 2.05) is 6.92 Å². The lowest BCUT2D eigenvalue weighted by molar-refractivity contribution is 0.00596. The Morgan fingerprint density at radius 2 is 1.93 bits per heavy atom. The van der Waals surface area contributed by atoms with Crippen molar-refractivity contribution < 1.29 is 9.47 Å². The van der Waals surface area contributed by atoms with Gasteiger partial charge in [-0.25, -0.2) is 0 Å². The molecule has 2 unspecified atom stereocenters. The third-order valence-electron chi connectivity index (χ3n) is 2.64. The van der Waals surface area contributed by atoms with E-state index in [9.17, 15) is 0 Å². The van der Waals surface area contributed by atoms with Gasteiger partial charge in [0.1, 0.15) is 0 Å². The van der Waals surface area contributed by atoms with Gasteiger partial charge in [0.25, 0.3) is 0 Å². The molecule has 1 fully saturated rings. The fourth-order valence-corrected chi connectivity index (χ4v) is 2.83. The molecule has 2 nitrogen and oxygen atoms in total. The summed E-state index contributed by atoms with van der Waals surface area (Å²) in [5, 5.41) is 0. The highest BCUT2D eigenvalue weighted by atomic mass is 127. The van der Waals surface area contributed by atoms with Crippen LogP contribution in [0, 0.1) is 0 Å². The van der Waals surface area contributed by atoms with Crippen LogP contribution in [0.25, 0.3) is 0 Å². The molecule has 1 aliphatic carbocycles. The van der Waals surface area contributed by atoms with Crippen molar-refractivity contribution in [3.8, 4) is 0 Å². The van der Waals surface area contributed by atoms with E-state index in [0.29, 0.717) is 10.0 Å². The number of hydrogen-bond acceptors (Lipinski definition) is 2. The lowest BCUT2D eigenvalue weighted by atomic mass is 10.1. The minimum absolute atomic E-state index is 0.471. The Labute approximate surface area is 101 Å². The SMILES string of the molecule is CCOCCOC1CCCCCC1I. The van der Waals surface area contributed by atoms with Crippen LogP contribution in [-0.2, 0) is 9.47 Å². The lowest BCUT2D eigenvalue weighted by Gasteiger charge is -2.20. The first-order valence-corrected chi connectivity index (χ1v) is 6.92. The highest BCUT2D eigenvalue weighted by molar-refractivity contribution is 14.1. The summed E-state index contributed by atoms with van der Waals surface area (Å²) < 4.78 is 11.8. The minimum Gasteiger partial charge on any atom is -0.379 e. The van der Waals surface area contributed by atoms with Crippen molar-refractivity contribution >= 4 is 22.6 Å². The summed E-state index contributed by atoms with van der Waals surface area (Å²) in [6.45, 7) is 4.32. The average molecular weight is 312 g/mol. The van der Waals surface area contributed by atoms with Crippen molar-refractivity contribution in [2.45, 2.75) is 49.1 Å². The molecule has 0 amide bonds. The van der Waals surface area contributed by atoms with Gasteiger partial charge in [0, 0.05) is 10.5 Å². The Kier molecular flexibility index (Phi) is 7.16. The van der Waals surface area contributed by atoms with Gasteiger partial charge in [-0.2, -0.15) is 0 Å². The van der Waals surface area contributed by atoms with E-state index < -0.39 is 0 Å². The van der Waals surface area contributed by atoms with Gasteiger partial charge in [-0.05, 0) is 19.8 Å². The largest absolute Gasteiger partial charge is 0.379 e. The molecule has 2 atom stereocenters. The molecule has 1 saturated carbocycles. The molecular formula is C11H21IO2. The smallest absolute Gasteiger partial charge is 0.0704 e. The van der Waals surface area contributed by atoms with E-state index in [1.165, 1.54) is 32.1 Å². The Bertz CT molecular complexity index is 141. The Hall–Kier alpha value is 0.650. The van der Waals surface area contributed by atoms with E-state index in [4.69, 9.17) is 9.47 Å². The van der Waals surface area contributed by atoms with Crippen molar-refractivity contribution in [2.24, 2.45) is 0 Å². The third kappa shape index (κ3) is 4.94. The number of ether oxygens (including phenoxy) is 2. The topological polar surface area (TPSA) is 18.5 Å². The molecule has 0 aliphatic heterocycles. The van der Waals surface area contributed by atoms with Crippen molar-refractivity contribution in [3.05, 3.63) is 0 Å². The van der Waals surface area contributed by atoms with Crippen molar-refractivity contribution in [1.29, 1.82) is 0 Å². The number of hydrogen-bond donors (Lipinski definition) is 0. The zero-order valence-electron chi connectivity index (χ0n) is 9.01. The summed E-state index contributed by atoms with van der Waals surface area (Å²) in [6.07, 6.45) is 7.11. The molecule has 84 valence electrons. The van der Waals surface area contributed by atoms with Crippen LogP contribution in [0.3, 0.4) is 0 Å². The normalized spacial score (nSPS) is 28.7. The second-order valence-corrected chi connectivity index (χ2v) is 5.36. The maximum absolute atomic E-state index is 5.84. The van der Waals surface area contributed by atoms with Gasteiger partial charge in [0.2, 0.25) is 0 Å². The van der Waals surface area contributed by atoms with Gasteiger partial charge in [-0.1, -0.05) is 41.9 Å². The fraction of sp³-hybridized carbons (Fsp3) is 1.00. The van der Waals surface area contributed by atoms with Crippen molar-refractivity contribution in [1.82, 2.24) is 0 Å². The van der Waals surface area contributed by atoms with Crippen LogP contribution in [0.2, 0.25) is 0 Å². The Balaban J connectivity index is 2.13. The number of rotatable bonds is 5. The van der Waals surface area contributed by atoms with Crippen LogP contribution in [0.15, 0.2) is 0 Å². The van der Waals surface area contributed by atoms with Crippen LogP contribution >= 0.6 is 22.6 Å². The molecule has 0 aromatic carbocycles. The molecule has 14 heavy (non-hydrogen) atoms. The molecule has 3 heteroatoms. The quantitative estimate of drug-likeness (QED) is 0.336. The molecule has 0 saturated heterocycles. The molecule has 0 N–H and O–H groups in total. The molecule has 0 aromatic rings. The average Bonchev–Trinajstić information content (AvgIpc) is 2.39. The summed E-state index contributed by atoms with van der Waals surface area (Å²) in [7, 11) is 0. The molecule has 0 radical (unpaired) electrons. The predicted molar refractivity (Wildman–Crippen MR) is 67.1 cm³/mol. The van der Waals surface area contributed by atoms with Gasteiger partial charge in [0.15, 0.2) is 0 Å². The van der Waals surface area contributed by atoms with Gasteiger partial charge in [-0.3, -0.25) is 0 Å². The fourth-order valence-electron chi connectivity index (χ4n) is 1.82. The van der Waals surface area contributed by atoms with E-state index in [-0.39, 0.29) is 0 Å². The maximum Gasteiger partial charge on any atom is 0.0704 e. The summed E-state index contributed by atoms with van der Waals surface area (Å²) >= 11 is 2.54. The van der Waals surface area contributed by atoms with E-state index in [2.05, 4.69) is 22.6 Å². The molecule has 1 rings (SSSR count). The van der Waals surface area contributed by atoms with Gasteiger partial charge in [0.05, 0.1) is 19.3 Å².